The quantitative estimate of drug-likeness (QED) is 0.551. The van der Waals surface area contributed by atoms with E-state index in [1.807, 2.05) is 6.20 Å². The van der Waals surface area contributed by atoms with Crippen LogP contribution in [0.1, 0.15) is 12.8 Å². The number of hydrogen-bond acceptors (Lipinski definition) is 1. The predicted octanol–water partition coefficient (Wildman–Crippen LogP) is 2.26. The van der Waals surface area contributed by atoms with Gasteiger partial charge in [-0.05, 0) is 36.3 Å². The first-order valence-electron chi connectivity index (χ1n) is 3.87. The predicted molar refractivity (Wildman–Crippen MR) is 46.8 cm³/mol. The molecule has 0 atom stereocenters. The van der Waals surface area contributed by atoms with E-state index in [0.717, 1.165) is 12.8 Å². The fraction of sp³-hybridized carbons (Fsp3) is 0.200. The van der Waals surface area contributed by atoms with Gasteiger partial charge in [-0.2, -0.15) is 0 Å². The highest BCUT2D eigenvalue weighted by Crippen LogP contribution is 2.26. The number of rotatable bonds is 0. The van der Waals surface area contributed by atoms with Crippen LogP contribution in [0, 0.1) is 0 Å². The van der Waals surface area contributed by atoms with Gasteiger partial charge in [-0.1, -0.05) is 18.7 Å². The molecule has 0 unspecified atom stereocenters. The lowest BCUT2D eigenvalue weighted by Crippen LogP contribution is -2.01. The van der Waals surface area contributed by atoms with E-state index in [1.165, 1.54) is 16.8 Å². The van der Waals surface area contributed by atoms with Crippen molar-refractivity contribution in [3.05, 3.63) is 47.9 Å². The van der Waals surface area contributed by atoms with E-state index in [2.05, 4.69) is 30.1 Å². The summed E-state index contributed by atoms with van der Waals surface area (Å²) in [6.07, 6.45) is 10.4. The van der Waals surface area contributed by atoms with E-state index < -0.39 is 0 Å². The first-order valence-corrected chi connectivity index (χ1v) is 3.87. The van der Waals surface area contributed by atoms with Crippen molar-refractivity contribution >= 4 is 0 Å². The molecule has 2 aliphatic rings. The highest BCUT2D eigenvalue weighted by atomic mass is 14.9. The summed E-state index contributed by atoms with van der Waals surface area (Å²) in [5.74, 6) is 0. The minimum absolute atomic E-state index is 0.980. The van der Waals surface area contributed by atoms with Crippen molar-refractivity contribution in [3.8, 4) is 0 Å². The largest absolute Gasteiger partial charge is 0.362 e. The molecule has 0 spiro atoms. The minimum Gasteiger partial charge on any atom is -0.362 e. The molecule has 11 heavy (non-hydrogen) atoms. The molecule has 56 valence electrons. The molecular weight excluding hydrogens is 134 g/mol. The molecule has 2 rings (SSSR count). The monoisotopic (exact) mass is 145 g/mol. The molecule has 0 bridgehead atoms. The van der Waals surface area contributed by atoms with E-state index >= 15 is 0 Å². The van der Waals surface area contributed by atoms with Crippen molar-refractivity contribution in [1.82, 2.24) is 5.32 Å². The molecule has 0 radical (unpaired) electrons. The molecule has 0 fully saturated rings. The zero-order valence-electron chi connectivity index (χ0n) is 6.43. The summed E-state index contributed by atoms with van der Waals surface area (Å²) < 4.78 is 0. The van der Waals surface area contributed by atoms with E-state index in [9.17, 15) is 0 Å². The summed E-state index contributed by atoms with van der Waals surface area (Å²) >= 11 is 0. The lowest BCUT2D eigenvalue weighted by molar-refractivity contribution is 1.09. The number of allylic oxidation sites excluding steroid dienone is 5. The molecule has 0 aromatic carbocycles. The summed E-state index contributed by atoms with van der Waals surface area (Å²) in [4.78, 5) is 0. The minimum atomic E-state index is 0.980. The third-order valence-electron chi connectivity index (χ3n) is 2.08. The summed E-state index contributed by atoms with van der Waals surface area (Å²) in [7, 11) is 0. The average Bonchev–Trinajstić information content (AvgIpc) is 2.40. The maximum Gasteiger partial charge on any atom is 0.0414 e. The fourth-order valence-electron chi connectivity index (χ4n) is 1.45. The van der Waals surface area contributed by atoms with Crippen LogP contribution in [0.25, 0.3) is 0 Å². The lowest BCUT2D eigenvalue weighted by Gasteiger charge is -2.04. The van der Waals surface area contributed by atoms with Gasteiger partial charge in [0.15, 0.2) is 0 Å². The Balaban J connectivity index is 2.37. The van der Waals surface area contributed by atoms with Gasteiger partial charge in [0, 0.05) is 5.70 Å². The van der Waals surface area contributed by atoms with E-state index in [4.69, 9.17) is 0 Å². The summed E-state index contributed by atoms with van der Waals surface area (Å²) in [5.41, 5.74) is 3.84. The SMILES string of the molecule is C=C1CC=CNC2=C1CC=C2. The molecule has 0 amide bonds. The smallest absolute Gasteiger partial charge is 0.0414 e. The summed E-state index contributed by atoms with van der Waals surface area (Å²) in [6.45, 7) is 4.03. The lowest BCUT2D eigenvalue weighted by atomic mass is 10.0. The van der Waals surface area contributed by atoms with Crippen molar-refractivity contribution in [1.29, 1.82) is 0 Å². The van der Waals surface area contributed by atoms with Crippen molar-refractivity contribution < 1.29 is 0 Å². The standard InChI is InChI=1S/C10H11N/c1-8-4-3-7-11-10-6-2-5-9(8)10/h2-3,6-7,11H,1,4-5H2. The molecule has 0 aromatic heterocycles. The zero-order chi connectivity index (χ0) is 7.68. The summed E-state index contributed by atoms with van der Waals surface area (Å²) in [6, 6.07) is 0. The Labute approximate surface area is 66.8 Å². The second-order valence-corrected chi connectivity index (χ2v) is 2.85. The average molecular weight is 145 g/mol. The molecule has 1 heterocycles. The maximum atomic E-state index is 4.03. The Morgan fingerprint density at radius 3 is 3.09 bits per heavy atom. The second-order valence-electron chi connectivity index (χ2n) is 2.85. The molecule has 1 N–H and O–H groups in total. The third-order valence-corrected chi connectivity index (χ3v) is 2.08. The van der Waals surface area contributed by atoms with E-state index in [-0.39, 0.29) is 0 Å². The first-order chi connectivity index (χ1) is 5.38. The van der Waals surface area contributed by atoms with Gasteiger partial charge in [-0.25, -0.2) is 0 Å². The van der Waals surface area contributed by atoms with Gasteiger partial charge in [0.1, 0.15) is 0 Å². The Hall–Kier alpha value is -1.24. The zero-order valence-corrected chi connectivity index (χ0v) is 6.43. The maximum absolute atomic E-state index is 4.03. The van der Waals surface area contributed by atoms with Gasteiger partial charge in [0.2, 0.25) is 0 Å². The molecule has 1 aliphatic carbocycles. The Bertz CT molecular complexity index is 279. The van der Waals surface area contributed by atoms with Crippen LogP contribution in [0.2, 0.25) is 0 Å². The van der Waals surface area contributed by atoms with Crippen LogP contribution in [0.15, 0.2) is 47.9 Å². The van der Waals surface area contributed by atoms with Gasteiger partial charge in [0.05, 0.1) is 0 Å². The van der Waals surface area contributed by atoms with E-state index in [1.54, 1.807) is 0 Å². The molecular formula is C10H11N. The van der Waals surface area contributed by atoms with Gasteiger partial charge in [0.25, 0.3) is 0 Å². The van der Waals surface area contributed by atoms with Crippen LogP contribution in [0.5, 0.6) is 0 Å². The van der Waals surface area contributed by atoms with Gasteiger partial charge < -0.3 is 5.32 Å². The Kier molecular flexibility index (Phi) is 1.42. The van der Waals surface area contributed by atoms with Crippen LogP contribution in [-0.4, -0.2) is 0 Å². The van der Waals surface area contributed by atoms with Crippen LogP contribution in [-0.2, 0) is 0 Å². The fourth-order valence-corrected chi connectivity index (χ4v) is 1.45. The Morgan fingerprint density at radius 1 is 1.27 bits per heavy atom. The molecule has 0 aromatic rings. The van der Waals surface area contributed by atoms with Gasteiger partial charge in [-0.15, -0.1) is 0 Å². The van der Waals surface area contributed by atoms with Gasteiger partial charge in [-0.3, -0.25) is 0 Å². The molecule has 1 aliphatic heterocycles. The second kappa shape index (κ2) is 2.42. The topological polar surface area (TPSA) is 12.0 Å². The van der Waals surface area contributed by atoms with Gasteiger partial charge >= 0.3 is 0 Å². The normalized spacial score (nSPS) is 21.6. The number of hydrogen-bond donors (Lipinski definition) is 1. The summed E-state index contributed by atoms with van der Waals surface area (Å²) in [5, 5.41) is 3.23. The first kappa shape index (κ1) is 6.47. The Morgan fingerprint density at radius 2 is 2.18 bits per heavy atom. The molecule has 1 heteroatoms. The van der Waals surface area contributed by atoms with Crippen LogP contribution < -0.4 is 5.32 Å². The van der Waals surface area contributed by atoms with Crippen LogP contribution >= 0.6 is 0 Å². The third kappa shape index (κ3) is 1.03. The highest BCUT2D eigenvalue weighted by molar-refractivity contribution is 5.46. The molecule has 0 saturated heterocycles. The van der Waals surface area contributed by atoms with E-state index in [0.29, 0.717) is 0 Å². The molecule has 1 nitrogen and oxygen atoms in total. The van der Waals surface area contributed by atoms with Crippen LogP contribution in [0.4, 0.5) is 0 Å². The number of nitrogens with one attached hydrogen (secondary N) is 1. The van der Waals surface area contributed by atoms with Crippen molar-refractivity contribution in [2.24, 2.45) is 0 Å². The van der Waals surface area contributed by atoms with Crippen molar-refractivity contribution in [2.75, 3.05) is 0 Å². The van der Waals surface area contributed by atoms with Crippen molar-refractivity contribution in [2.45, 2.75) is 12.8 Å². The molecule has 0 saturated carbocycles. The van der Waals surface area contributed by atoms with Crippen LogP contribution in [0.3, 0.4) is 0 Å². The van der Waals surface area contributed by atoms with Crippen molar-refractivity contribution in [3.63, 3.8) is 0 Å². The highest BCUT2D eigenvalue weighted by Gasteiger charge is 2.11.